The van der Waals surface area contributed by atoms with Gasteiger partial charge in [0.05, 0.1) is 10.2 Å². The van der Waals surface area contributed by atoms with E-state index in [-0.39, 0.29) is 11.8 Å². The minimum Gasteiger partial charge on any atom is -0.399 e. The average Bonchev–Trinajstić information content (AvgIpc) is 2.81. The van der Waals surface area contributed by atoms with Gasteiger partial charge in [0, 0.05) is 19.2 Å². The number of nitrogen functional groups attached to an aromatic ring is 1. The van der Waals surface area contributed by atoms with Gasteiger partial charge in [-0.25, -0.2) is 4.98 Å². The van der Waals surface area contributed by atoms with Crippen molar-refractivity contribution in [3.8, 4) is 0 Å². The fraction of sp³-hybridized carbons (Fsp3) is 0.308. The van der Waals surface area contributed by atoms with Gasteiger partial charge in [0.2, 0.25) is 5.91 Å². The summed E-state index contributed by atoms with van der Waals surface area (Å²) < 4.78 is 0.972. The lowest BCUT2D eigenvalue weighted by atomic mass is 10.1. The molecule has 3 rings (SSSR count). The molecule has 1 aromatic carbocycles. The summed E-state index contributed by atoms with van der Waals surface area (Å²) >= 11 is 1.45. The number of anilines is 2. The molecule has 1 aliphatic heterocycles. The van der Waals surface area contributed by atoms with Crippen molar-refractivity contribution < 1.29 is 9.59 Å². The number of rotatable bonds is 2. The maximum Gasteiger partial charge on any atom is 0.251 e. The number of hydrogen-bond donors (Lipinski definition) is 2. The molecule has 7 heteroatoms. The molecule has 1 atom stereocenters. The normalized spacial score (nSPS) is 19.6. The number of aromatic nitrogens is 1. The van der Waals surface area contributed by atoms with Crippen molar-refractivity contribution in [2.45, 2.75) is 18.9 Å². The smallest absolute Gasteiger partial charge is 0.251 e. The molecule has 1 saturated heterocycles. The zero-order valence-corrected chi connectivity index (χ0v) is 11.7. The Balaban J connectivity index is 1.82. The zero-order valence-electron chi connectivity index (χ0n) is 10.9. The van der Waals surface area contributed by atoms with E-state index in [1.807, 2.05) is 12.1 Å². The van der Waals surface area contributed by atoms with Crippen molar-refractivity contribution >= 4 is 44.2 Å². The highest BCUT2D eigenvalue weighted by molar-refractivity contribution is 7.22. The molecular formula is C13H14N4O2S. The van der Waals surface area contributed by atoms with Crippen molar-refractivity contribution in [2.75, 3.05) is 18.1 Å². The van der Waals surface area contributed by atoms with Crippen molar-refractivity contribution in [1.29, 1.82) is 0 Å². The molecule has 0 saturated carbocycles. The van der Waals surface area contributed by atoms with Gasteiger partial charge < -0.3 is 11.1 Å². The number of likely N-dealkylation sites (tertiary alicyclic amines) is 1. The lowest BCUT2D eigenvalue weighted by Crippen LogP contribution is -2.48. The molecule has 1 aliphatic rings. The second kappa shape index (κ2) is 4.75. The Bertz CT molecular complexity index is 697. The number of carbonyl (C=O) groups is 2. The lowest BCUT2D eigenvalue weighted by Gasteiger charge is -2.27. The van der Waals surface area contributed by atoms with Crippen molar-refractivity contribution in [2.24, 2.45) is 0 Å². The summed E-state index contributed by atoms with van der Waals surface area (Å²) in [6, 6.07) is 5.11. The number of likely N-dealkylation sites (N-methyl/N-ethyl adjacent to an activating group) is 1. The molecule has 104 valence electrons. The van der Waals surface area contributed by atoms with E-state index in [9.17, 15) is 9.59 Å². The maximum absolute atomic E-state index is 12.0. The van der Waals surface area contributed by atoms with Crippen LogP contribution in [0.2, 0.25) is 0 Å². The van der Waals surface area contributed by atoms with Gasteiger partial charge in [-0.1, -0.05) is 11.3 Å². The number of benzene rings is 1. The monoisotopic (exact) mass is 290 g/mol. The summed E-state index contributed by atoms with van der Waals surface area (Å²) in [5.74, 6) is -0.342. The Morgan fingerprint density at radius 1 is 1.45 bits per heavy atom. The number of amides is 2. The lowest BCUT2D eigenvalue weighted by molar-refractivity contribution is -0.146. The van der Waals surface area contributed by atoms with Crippen molar-refractivity contribution in [3.05, 3.63) is 18.2 Å². The number of fused-ring (bicyclic) bond motifs is 1. The van der Waals surface area contributed by atoms with Crippen LogP contribution < -0.4 is 11.1 Å². The van der Waals surface area contributed by atoms with Crippen LogP contribution in [0.5, 0.6) is 0 Å². The fourth-order valence-corrected chi connectivity index (χ4v) is 3.17. The molecule has 6 nitrogen and oxygen atoms in total. The number of carbonyl (C=O) groups excluding carboxylic acids is 2. The largest absolute Gasteiger partial charge is 0.399 e. The van der Waals surface area contributed by atoms with Gasteiger partial charge in [-0.2, -0.15) is 0 Å². The maximum atomic E-state index is 12.0. The quantitative estimate of drug-likeness (QED) is 0.645. The topological polar surface area (TPSA) is 88.3 Å². The van der Waals surface area contributed by atoms with E-state index in [1.165, 1.54) is 23.3 Å². The molecule has 2 heterocycles. The molecule has 0 bridgehead atoms. The summed E-state index contributed by atoms with van der Waals surface area (Å²) in [7, 11) is 1.51. The number of imide groups is 1. The average molecular weight is 290 g/mol. The second-order valence-corrected chi connectivity index (χ2v) is 5.80. The van der Waals surface area contributed by atoms with E-state index < -0.39 is 6.04 Å². The Labute approximate surface area is 119 Å². The van der Waals surface area contributed by atoms with E-state index in [2.05, 4.69) is 10.3 Å². The number of nitrogens with one attached hydrogen (secondary N) is 1. The predicted octanol–water partition coefficient (Wildman–Crippen LogP) is 1.44. The third-order valence-corrected chi connectivity index (χ3v) is 4.31. The van der Waals surface area contributed by atoms with Gasteiger partial charge in [0.1, 0.15) is 6.04 Å². The van der Waals surface area contributed by atoms with E-state index in [0.29, 0.717) is 23.7 Å². The predicted molar refractivity (Wildman–Crippen MR) is 78.5 cm³/mol. The van der Waals surface area contributed by atoms with Crippen LogP contribution in [0.25, 0.3) is 10.2 Å². The number of thiazole rings is 1. The summed E-state index contributed by atoms with van der Waals surface area (Å²) in [5, 5.41) is 3.79. The molecule has 0 aliphatic carbocycles. The minimum atomic E-state index is -0.393. The number of piperidine rings is 1. The molecule has 2 amide bonds. The van der Waals surface area contributed by atoms with E-state index in [0.717, 1.165) is 10.2 Å². The number of hydrogen-bond acceptors (Lipinski definition) is 6. The summed E-state index contributed by atoms with van der Waals surface area (Å²) in [6.45, 7) is 0. The molecule has 20 heavy (non-hydrogen) atoms. The Morgan fingerprint density at radius 3 is 3.05 bits per heavy atom. The molecule has 0 spiro atoms. The van der Waals surface area contributed by atoms with E-state index in [1.54, 1.807) is 6.07 Å². The first-order chi connectivity index (χ1) is 9.54. The molecule has 1 aromatic heterocycles. The van der Waals surface area contributed by atoms with Crippen LogP contribution in [0.4, 0.5) is 10.8 Å². The third-order valence-electron chi connectivity index (χ3n) is 3.36. The van der Waals surface area contributed by atoms with E-state index in [4.69, 9.17) is 5.73 Å². The number of nitrogens with two attached hydrogens (primary N) is 1. The van der Waals surface area contributed by atoms with Crippen LogP contribution in [0.3, 0.4) is 0 Å². The molecule has 2 aromatic rings. The van der Waals surface area contributed by atoms with Crippen molar-refractivity contribution in [3.63, 3.8) is 0 Å². The Hall–Kier alpha value is -2.15. The summed E-state index contributed by atoms with van der Waals surface area (Å²) in [4.78, 5) is 29.0. The van der Waals surface area contributed by atoms with Crippen molar-refractivity contribution in [1.82, 2.24) is 9.88 Å². The highest BCUT2D eigenvalue weighted by atomic mass is 32.1. The first-order valence-corrected chi connectivity index (χ1v) is 7.09. The SMILES string of the molecule is CN1C(=O)CCC(Nc2nc3ccc(N)cc3s2)C1=O. The molecule has 0 radical (unpaired) electrons. The Morgan fingerprint density at radius 2 is 2.25 bits per heavy atom. The third kappa shape index (κ3) is 2.20. The highest BCUT2D eigenvalue weighted by Crippen LogP contribution is 2.29. The van der Waals surface area contributed by atoms with Crippen LogP contribution in [0, 0.1) is 0 Å². The van der Waals surface area contributed by atoms with Crippen LogP contribution >= 0.6 is 11.3 Å². The van der Waals surface area contributed by atoms with Gasteiger partial charge in [0.25, 0.3) is 5.91 Å². The van der Waals surface area contributed by atoms with Gasteiger partial charge in [-0.3, -0.25) is 14.5 Å². The second-order valence-electron chi connectivity index (χ2n) is 4.77. The fourth-order valence-electron chi connectivity index (χ4n) is 2.20. The summed E-state index contributed by atoms with van der Waals surface area (Å²) in [5.41, 5.74) is 7.27. The Kier molecular flexibility index (Phi) is 3.06. The van der Waals surface area contributed by atoms with Gasteiger partial charge in [-0.05, 0) is 24.6 Å². The molecular weight excluding hydrogens is 276 g/mol. The standard InChI is InChI=1S/C13H14N4O2S/c1-17-11(18)5-4-9(12(17)19)16-13-15-8-3-2-7(14)6-10(8)20-13/h2-3,6,9H,4-5,14H2,1H3,(H,15,16). The van der Waals surface area contributed by atoms with Crippen LogP contribution in [0.1, 0.15) is 12.8 Å². The first kappa shape index (κ1) is 12.9. The zero-order chi connectivity index (χ0) is 14.3. The van der Waals surface area contributed by atoms with E-state index >= 15 is 0 Å². The molecule has 1 fully saturated rings. The van der Waals surface area contributed by atoms with Gasteiger partial charge in [-0.15, -0.1) is 0 Å². The van der Waals surface area contributed by atoms with Crippen LogP contribution in [-0.4, -0.2) is 34.8 Å². The molecule has 3 N–H and O–H groups in total. The van der Waals surface area contributed by atoms with Gasteiger partial charge >= 0.3 is 0 Å². The molecule has 1 unspecified atom stereocenters. The number of nitrogens with zero attached hydrogens (tertiary/aromatic N) is 2. The van der Waals surface area contributed by atoms with Gasteiger partial charge in [0.15, 0.2) is 5.13 Å². The van der Waals surface area contributed by atoms with Crippen LogP contribution in [-0.2, 0) is 9.59 Å². The minimum absolute atomic E-state index is 0.134. The first-order valence-electron chi connectivity index (χ1n) is 6.27. The van der Waals surface area contributed by atoms with Crippen LogP contribution in [0.15, 0.2) is 18.2 Å². The summed E-state index contributed by atoms with van der Waals surface area (Å²) in [6.07, 6.45) is 0.873. The highest BCUT2D eigenvalue weighted by Gasteiger charge is 2.32.